The van der Waals surface area contributed by atoms with Crippen LogP contribution in [-0.4, -0.2) is 35.0 Å². The van der Waals surface area contributed by atoms with Gasteiger partial charge >= 0.3 is 0 Å². The fraction of sp³-hybridized carbons (Fsp3) is 0.0667. The largest absolute Gasteiger partial charge is 0.285 e. The first-order chi connectivity index (χ1) is 16.0. The Morgan fingerprint density at radius 3 is 1.83 bits per heavy atom. The van der Waals surface area contributed by atoms with Crippen molar-refractivity contribution in [1.29, 1.82) is 0 Å². The van der Waals surface area contributed by atoms with E-state index in [2.05, 4.69) is 9.50 Å². The fourth-order valence-electron chi connectivity index (χ4n) is 2.40. The van der Waals surface area contributed by atoms with Crippen LogP contribution in [0.1, 0.15) is 0 Å². The number of sulfonamides is 3. The van der Waals surface area contributed by atoms with Crippen LogP contribution in [0.25, 0.3) is 0 Å². The minimum atomic E-state index is -5.35. The van der Waals surface area contributed by atoms with E-state index in [1.807, 2.05) is 0 Å². The number of nitrogens with zero attached hydrogens (tertiary/aromatic N) is 3. The molecule has 0 saturated carbocycles. The maximum Gasteiger partial charge on any atom is 0.285 e. The van der Waals surface area contributed by atoms with Crippen LogP contribution in [-0.2, 0) is 37.1 Å². The van der Waals surface area contributed by atoms with Gasteiger partial charge in [0.1, 0.15) is 0 Å². The van der Waals surface area contributed by atoms with Gasteiger partial charge in [0.05, 0.1) is 4.90 Å². The van der Waals surface area contributed by atoms with Crippen molar-refractivity contribution >= 4 is 47.1 Å². The molecule has 0 atom stereocenters. The van der Waals surface area contributed by atoms with Crippen molar-refractivity contribution in [2.45, 2.75) is 14.1 Å². The lowest BCUT2D eigenvalue weighted by Crippen LogP contribution is -2.19. The average Bonchev–Trinajstić information content (AvgIpc) is 3.11. The molecule has 3 rings (SSSR count). The molecule has 0 unspecified atom stereocenters. The number of benzene rings is 2. The molecular weight excluding hydrogens is 569 g/mol. The second kappa shape index (κ2) is 8.93. The van der Waals surface area contributed by atoms with Crippen LogP contribution in [0.2, 0.25) is 0 Å². The molecule has 0 fully saturated rings. The average molecular weight is 580 g/mol. The van der Waals surface area contributed by atoms with Crippen LogP contribution in [0.4, 0.5) is 27.6 Å². The smallest absolute Gasteiger partial charge is 0.279 e. The molecule has 1 aromatic heterocycles. The Morgan fingerprint density at radius 1 is 0.886 bits per heavy atom. The zero-order valence-electron chi connectivity index (χ0n) is 16.7. The first-order valence-electron chi connectivity index (χ1n) is 8.48. The van der Waals surface area contributed by atoms with Crippen molar-refractivity contribution < 1.29 is 47.2 Å². The molecule has 3 N–H and O–H groups in total. The number of nitrogens with one attached hydrogen (secondary N) is 1. The topological polar surface area (TPSA) is 171 Å². The van der Waals surface area contributed by atoms with Crippen LogP contribution in [0.5, 0.6) is 0 Å². The van der Waals surface area contributed by atoms with Crippen molar-refractivity contribution in [2.24, 2.45) is 16.6 Å². The SMILES string of the molecule is Cn1nc(S(N)(=O)=O)sc1=NS(=O)(=O)c1ccc(NS(=O)(=O)c2c(F)c(F)c(F)c(F)c2F)cc1. The Balaban J connectivity index is 1.97. The van der Waals surface area contributed by atoms with E-state index in [4.69, 9.17) is 5.14 Å². The number of aromatic nitrogens is 2. The highest BCUT2D eigenvalue weighted by molar-refractivity contribution is 7.92. The summed E-state index contributed by atoms with van der Waals surface area (Å²) in [5, 5.41) is 8.44. The lowest BCUT2D eigenvalue weighted by atomic mass is 10.3. The summed E-state index contributed by atoms with van der Waals surface area (Å²) in [5.41, 5.74) is -0.507. The van der Waals surface area contributed by atoms with Crippen molar-refractivity contribution in [3.8, 4) is 0 Å². The molecule has 190 valence electrons. The number of anilines is 1. The molecule has 0 radical (unpaired) electrons. The second-order valence-electron chi connectivity index (χ2n) is 6.41. The molecule has 0 amide bonds. The van der Waals surface area contributed by atoms with Crippen LogP contribution >= 0.6 is 11.3 Å². The molecule has 0 spiro atoms. The van der Waals surface area contributed by atoms with E-state index in [0.717, 1.165) is 28.9 Å². The van der Waals surface area contributed by atoms with Crippen LogP contribution in [0, 0.1) is 29.1 Å². The Hall–Kier alpha value is -2.94. The monoisotopic (exact) mass is 579 g/mol. The Labute approximate surface area is 197 Å². The number of rotatable bonds is 6. The normalized spacial score (nSPS) is 13.3. The molecule has 3 aromatic rings. The molecule has 35 heavy (non-hydrogen) atoms. The van der Waals surface area contributed by atoms with E-state index < -0.39 is 79.0 Å². The van der Waals surface area contributed by atoms with Crippen LogP contribution in [0.3, 0.4) is 0 Å². The number of halogens is 5. The molecule has 2 aromatic carbocycles. The van der Waals surface area contributed by atoms with E-state index >= 15 is 0 Å². The van der Waals surface area contributed by atoms with Gasteiger partial charge in [-0.15, -0.1) is 9.50 Å². The summed E-state index contributed by atoms with van der Waals surface area (Å²) in [6, 6.07) is 3.20. The lowest BCUT2D eigenvalue weighted by molar-refractivity contribution is 0.358. The van der Waals surface area contributed by atoms with E-state index in [1.54, 1.807) is 4.72 Å². The van der Waals surface area contributed by atoms with Gasteiger partial charge in [0, 0.05) is 12.7 Å². The summed E-state index contributed by atoms with van der Waals surface area (Å²) in [6.07, 6.45) is 0. The quantitative estimate of drug-likeness (QED) is 0.248. The number of primary sulfonamides is 1. The van der Waals surface area contributed by atoms with Crippen molar-refractivity contribution in [2.75, 3.05) is 4.72 Å². The number of hydrogen-bond donors (Lipinski definition) is 2. The fourth-order valence-corrected chi connectivity index (χ4v) is 6.37. The summed E-state index contributed by atoms with van der Waals surface area (Å²) in [7, 11) is -12.9. The maximum absolute atomic E-state index is 13.9. The van der Waals surface area contributed by atoms with Crippen LogP contribution < -0.4 is 14.7 Å². The molecule has 20 heteroatoms. The highest BCUT2D eigenvalue weighted by Crippen LogP contribution is 2.28. The summed E-state index contributed by atoms with van der Waals surface area (Å²) in [6.45, 7) is 0. The van der Waals surface area contributed by atoms with Gasteiger partial charge in [-0.25, -0.2) is 48.6 Å². The third kappa shape index (κ3) is 5.19. The zero-order chi connectivity index (χ0) is 26.5. The maximum atomic E-state index is 13.9. The van der Waals surface area contributed by atoms with Crippen molar-refractivity contribution in [1.82, 2.24) is 9.78 Å². The van der Waals surface area contributed by atoms with Gasteiger partial charge in [-0.3, -0.25) is 4.72 Å². The molecule has 0 bridgehead atoms. The van der Waals surface area contributed by atoms with E-state index in [9.17, 15) is 47.2 Å². The van der Waals surface area contributed by atoms with Gasteiger partial charge in [0.2, 0.25) is 15.0 Å². The summed E-state index contributed by atoms with van der Waals surface area (Å²) in [4.78, 5) is -3.06. The standard InChI is InChI=1S/C15H10F5N5O6S4/c1-25-14(32-15(22-25)33(21,26)27)24-34(28,29)7-4-2-6(3-5-7)23-35(30,31)13-11(19)9(17)8(16)10(18)12(13)20/h2-5,23H,1H3,(H2,21,26,27). The molecule has 0 aliphatic rings. The Morgan fingerprint density at radius 2 is 1.37 bits per heavy atom. The molecule has 0 saturated heterocycles. The Bertz CT molecular complexity index is 1700. The lowest BCUT2D eigenvalue weighted by Gasteiger charge is -2.11. The minimum Gasteiger partial charge on any atom is -0.279 e. The van der Waals surface area contributed by atoms with Gasteiger partial charge in [-0.1, -0.05) is 11.3 Å². The number of nitrogens with two attached hydrogens (primary N) is 1. The first kappa shape index (κ1) is 26.7. The third-order valence-corrected chi connectivity index (χ3v) is 9.08. The van der Waals surface area contributed by atoms with E-state index in [-0.39, 0.29) is 4.80 Å². The molecule has 11 nitrogen and oxygen atoms in total. The van der Waals surface area contributed by atoms with Gasteiger partial charge < -0.3 is 0 Å². The van der Waals surface area contributed by atoms with Crippen LogP contribution in [0.15, 0.2) is 42.8 Å². The highest BCUT2D eigenvalue weighted by atomic mass is 32.2. The van der Waals surface area contributed by atoms with Gasteiger partial charge in [-0.2, -0.15) is 8.42 Å². The Kier molecular flexibility index (Phi) is 6.80. The predicted octanol–water partition coefficient (Wildman–Crippen LogP) is 0.915. The summed E-state index contributed by atoms with van der Waals surface area (Å²) < 4.78 is 145. The summed E-state index contributed by atoms with van der Waals surface area (Å²) >= 11 is 0.345. The summed E-state index contributed by atoms with van der Waals surface area (Å²) in [5.74, 6) is -12.7. The molecule has 0 aliphatic carbocycles. The highest BCUT2D eigenvalue weighted by Gasteiger charge is 2.33. The number of aryl methyl sites for hydroxylation is 1. The van der Waals surface area contributed by atoms with Crippen molar-refractivity contribution in [3.05, 3.63) is 58.2 Å². The minimum absolute atomic E-state index is 0.345. The second-order valence-corrected chi connectivity index (χ2v) is 12.3. The van der Waals surface area contributed by atoms with E-state index in [0.29, 0.717) is 11.3 Å². The molecular formula is C15H10F5N5O6S4. The predicted molar refractivity (Wildman–Crippen MR) is 109 cm³/mol. The van der Waals surface area contributed by atoms with Gasteiger partial charge in [0.15, 0.2) is 28.2 Å². The zero-order valence-corrected chi connectivity index (χ0v) is 20.0. The number of hydrogen-bond acceptors (Lipinski definition) is 8. The van der Waals surface area contributed by atoms with E-state index in [1.165, 1.54) is 7.05 Å². The van der Waals surface area contributed by atoms with Crippen molar-refractivity contribution in [3.63, 3.8) is 0 Å². The molecule has 1 heterocycles. The van der Waals surface area contributed by atoms with Gasteiger partial charge in [-0.05, 0) is 24.3 Å². The van der Waals surface area contributed by atoms with Gasteiger partial charge in [0.25, 0.3) is 30.1 Å². The molecule has 0 aliphatic heterocycles. The first-order valence-corrected chi connectivity index (χ1v) is 13.8. The third-order valence-electron chi connectivity index (χ3n) is 3.97.